The Bertz CT molecular complexity index is 1170. The highest BCUT2D eigenvalue weighted by Gasteiger charge is 2.23. The van der Waals surface area contributed by atoms with Gasteiger partial charge in [0.1, 0.15) is 6.07 Å². The monoisotopic (exact) mass is 450 g/mol. The maximum absolute atomic E-state index is 13.1. The molecule has 1 aliphatic heterocycles. The molecule has 1 fully saturated rings. The Morgan fingerprint density at radius 3 is 2.88 bits per heavy atom. The number of pyridine rings is 2. The predicted molar refractivity (Wildman–Crippen MR) is 126 cm³/mol. The zero-order valence-corrected chi connectivity index (χ0v) is 19.2. The molecule has 9 nitrogen and oxygen atoms in total. The molecule has 3 aromatic heterocycles. The van der Waals surface area contributed by atoms with Crippen LogP contribution in [-0.4, -0.2) is 61.4 Å². The van der Waals surface area contributed by atoms with Gasteiger partial charge < -0.3 is 10.6 Å². The minimum Gasteiger partial charge on any atom is -0.382 e. The van der Waals surface area contributed by atoms with Crippen LogP contribution in [0.5, 0.6) is 0 Å². The van der Waals surface area contributed by atoms with E-state index in [0.29, 0.717) is 28.3 Å². The molecule has 0 spiro atoms. The SMILES string of the molecule is CSN1CCCC(NC(=O)c2cnc(-n3ncc4cc(C#N)cnc43)cc2NC(C)C)C1. The van der Waals surface area contributed by atoms with Crippen LogP contribution in [0.1, 0.15) is 42.6 Å². The van der Waals surface area contributed by atoms with E-state index >= 15 is 0 Å². The van der Waals surface area contributed by atoms with Crippen LogP contribution in [-0.2, 0) is 0 Å². The Morgan fingerprint density at radius 1 is 1.28 bits per heavy atom. The average Bonchev–Trinajstić information content (AvgIpc) is 3.21. The van der Waals surface area contributed by atoms with Crippen molar-refractivity contribution in [3.63, 3.8) is 0 Å². The molecule has 166 valence electrons. The first-order chi connectivity index (χ1) is 15.5. The number of hydrogen-bond acceptors (Lipinski definition) is 8. The summed E-state index contributed by atoms with van der Waals surface area (Å²) in [6, 6.07) is 5.88. The van der Waals surface area contributed by atoms with Crippen molar-refractivity contribution in [2.75, 3.05) is 24.7 Å². The van der Waals surface area contributed by atoms with E-state index in [2.05, 4.69) is 42.3 Å². The van der Waals surface area contributed by atoms with Gasteiger partial charge in [0.25, 0.3) is 5.91 Å². The summed E-state index contributed by atoms with van der Waals surface area (Å²) in [6.07, 6.45) is 8.84. The number of hydrogen-bond donors (Lipinski definition) is 2. The minimum atomic E-state index is -0.137. The maximum atomic E-state index is 13.1. The van der Waals surface area contributed by atoms with Crippen LogP contribution in [0.2, 0.25) is 0 Å². The van der Waals surface area contributed by atoms with E-state index in [0.717, 1.165) is 31.3 Å². The van der Waals surface area contributed by atoms with E-state index in [1.165, 1.54) is 6.20 Å². The van der Waals surface area contributed by atoms with Crippen molar-refractivity contribution in [3.05, 3.63) is 41.9 Å². The quantitative estimate of drug-likeness (QED) is 0.551. The molecule has 2 N–H and O–H groups in total. The molecule has 3 aromatic rings. The van der Waals surface area contributed by atoms with Gasteiger partial charge in [0, 0.05) is 49.0 Å². The minimum absolute atomic E-state index is 0.115. The van der Waals surface area contributed by atoms with Crippen molar-refractivity contribution in [1.29, 1.82) is 5.26 Å². The van der Waals surface area contributed by atoms with Gasteiger partial charge in [-0.1, -0.05) is 11.9 Å². The summed E-state index contributed by atoms with van der Waals surface area (Å²) in [4.78, 5) is 22.0. The van der Waals surface area contributed by atoms with Crippen LogP contribution in [0.25, 0.3) is 16.9 Å². The third kappa shape index (κ3) is 4.69. The molecule has 4 rings (SSSR count). The van der Waals surface area contributed by atoms with Gasteiger partial charge in [-0.25, -0.2) is 14.3 Å². The second-order valence-electron chi connectivity index (χ2n) is 8.08. The summed E-state index contributed by atoms with van der Waals surface area (Å²) in [7, 11) is 0. The number of piperidine rings is 1. The van der Waals surface area contributed by atoms with Crippen molar-refractivity contribution in [2.24, 2.45) is 0 Å². The van der Waals surface area contributed by atoms with Crippen LogP contribution >= 0.6 is 11.9 Å². The molecule has 1 aliphatic rings. The molecule has 1 saturated heterocycles. The summed E-state index contributed by atoms with van der Waals surface area (Å²) in [5.41, 5.74) is 2.27. The lowest BCUT2D eigenvalue weighted by Gasteiger charge is -2.31. The van der Waals surface area contributed by atoms with Gasteiger partial charge in [-0.2, -0.15) is 15.0 Å². The Kier molecular flexibility index (Phi) is 6.58. The number of rotatable bonds is 6. The van der Waals surface area contributed by atoms with E-state index < -0.39 is 0 Å². The largest absolute Gasteiger partial charge is 0.382 e. The van der Waals surface area contributed by atoms with Crippen LogP contribution in [0.15, 0.2) is 30.7 Å². The third-order valence-corrected chi connectivity index (χ3v) is 6.16. The lowest BCUT2D eigenvalue weighted by molar-refractivity contribution is 0.0923. The number of amides is 1. The topological polar surface area (TPSA) is 112 Å². The summed E-state index contributed by atoms with van der Waals surface area (Å²) in [6.45, 7) is 5.92. The molecule has 32 heavy (non-hydrogen) atoms. The standard InChI is InChI=1S/C22H26N8OS/c1-14(2)27-19-8-20(30-21-16(11-26-30)7-15(9-23)10-25-21)24-12-18(19)22(31)28-17-5-4-6-29(13-17)32-3/h7-8,10-12,14,17H,4-6,13H2,1-3H3,(H,24,27)(H,28,31). The molecule has 0 radical (unpaired) electrons. The fourth-order valence-corrected chi connectivity index (χ4v) is 4.45. The summed E-state index contributed by atoms with van der Waals surface area (Å²) < 4.78 is 3.89. The summed E-state index contributed by atoms with van der Waals surface area (Å²) >= 11 is 1.71. The van der Waals surface area contributed by atoms with Gasteiger partial charge in [0.2, 0.25) is 0 Å². The third-order valence-electron chi connectivity index (χ3n) is 5.31. The van der Waals surface area contributed by atoms with Crippen molar-refractivity contribution in [2.45, 2.75) is 38.8 Å². The second kappa shape index (κ2) is 9.54. The smallest absolute Gasteiger partial charge is 0.255 e. The number of nitrogens with one attached hydrogen (secondary N) is 2. The van der Waals surface area contributed by atoms with E-state index in [9.17, 15) is 4.79 Å². The molecule has 0 aromatic carbocycles. The molecule has 1 amide bonds. The number of anilines is 1. The first kappa shape index (κ1) is 22.0. The van der Waals surface area contributed by atoms with Crippen molar-refractivity contribution < 1.29 is 4.79 Å². The molecule has 1 atom stereocenters. The normalized spacial score (nSPS) is 16.8. The molecule has 4 heterocycles. The molecule has 0 aliphatic carbocycles. The molecule has 1 unspecified atom stereocenters. The number of nitriles is 1. The van der Waals surface area contributed by atoms with Gasteiger partial charge in [0.05, 0.1) is 23.0 Å². The predicted octanol–water partition coefficient (Wildman–Crippen LogP) is 2.98. The molecule has 0 saturated carbocycles. The lowest BCUT2D eigenvalue weighted by atomic mass is 10.1. The van der Waals surface area contributed by atoms with E-state index in [1.807, 2.05) is 19.9 Å². The van der Waals surface area contributed by atoms with Crippen molar-refractivity contribution in [1.82, 2.24) is 29.4 Å². The first-order valence-electron chi connectivity index (χ1n) is 10.6. The molecular weight excluding hydrogens is 424 g/mol. The summed E-state index contributed by atoms with van der Waals surface area (Å²) in [5, 5.41) is 20.8. The Morgan fingerprint density at radius 2 is 2.12 bits per heavy atom. The maximum Gasteiger partial charge on any atom is 0.255 e. The van der Waals surface area contributed by atoms with Gasteiger partial charge in [-0.05, 0) is 39.0 Å². The number of aromatic nitrogens is 4. The number of carbonyl (C=O) groups is 1. The van der Waals surface area contributed by atoms with Crippen LogP contribution in [0.4, 0.5) is 5.69 Å². The summed E-state index contributed by atoms with van der Waals surface area (Å²) in [5.74, 6) is 0.408. The Hall–Kier alpha value is -3.16. The van der Waals surface area contributed by atoms with Crippen LogP contribution < -0.4 is 10.6 Å². The highest BCUT2D eigenvalue weighted by Crippen LogP contribution is 2.23. The zero-order valence-electron chi connectivity index (χ0n) is 18.4. The van der Waals surface area contributed by atoms with Crippen molar-refractivity contribution in [3.8, 4) is 11.9 Å². The molecular formula is C22H26N8OS. The highest BCUT2D eigenvalue weighted by molar-refractivity contribution is 7.96. The van der Waals surface area contributed by atoms with Crippen molar-refractivity contribution >= 4 is 34.6 Å². The number of carbonyl (C=O) groups excluding carboxylic acids is 1. The Labute approximate surface area is 191 Å². The molecule has 10 heteroatoms. The van der Waals surface area contributed by atoms with E-state index in [4.69, 9.17) is 5.26 Å². The zero-order chi connectivity index (χ0) is 22.7. The van der Waals surface area contributed by atoms with Gasteiger partial charge >= 0.3 is 0 Å². The van der Waals surface area contributed by atoms with Gasteiger partial charge in [-0.15, -0.1) is 0 Å². The second-order valence-corrected chi connectivity index (χ2v) is 8.96. The molecule has 0 bridgehead atoms. The highest BCUT2D eigenvalue weighted by atomic mass is 32.2. The van der Waals surface area contributed by atoms with Crippen LogP contribution in [0, 0.1) is 11.3 Å². The van der Waals surface area contributed by atoms with Crippen LogP contribution in [0.3, 0.4) is 0 Å². The van der Waals surface area contributed by atoms with E-state index in [1.54, 1.807) is 35.1 Å². The lowest BCUT2D eigenvalue weighted by Crippen LogP contribution is -2.45. The van der Waals surface area contributed by atoms with Gasteiger partial charge in [0.15, 0.2) is 11.5 Å². The fourth-order valence-electron chi connectivity index (χ4n) is 3.81. The Balaban J connectivity index is 1.63. The fraction of sp³-hybridized carbons (Fsp3) is 0.409. The van der Waals surface area contributed by atoms with E-state index in [-0.39, 0.29) is 18.0 Å². The van der Waals surface area contributed by atoms with Gasteiger partial charge in [-0.3, -0.25) is 4.79 Å². The first-order valence-corrected chi connectivity index (χ1v) is 11.8. The number of fused-ring (bicyclic) bond motifs is 1. The average molecular weight is 451 g/mol. The number of nitrogens with zero attached hydrogens (tertiary/aromatic N) is 6.